The van der Waals surface area contributed by atoms with Gasteiger partial charge in [0.05, 0.1) is 0 Å². The van der Waals surface area contributed by atoms with Crippen molar-refractivity contribution in [3.63, 3.8) is 0 Å². The van der Waals surface area contributed by atoms with Gasteiger partial charge in [0.15, 0.2) is 0 Å². The number of benzene rings is 1. The Balaban J connectivity index is 1.83. The number of hydrogen-bond donors (Lipinski definition) is 1. The molecule has 29 heavy (non-hydrogen) atoms. The normalized spacial score (nSPS) is 18.0. The minimum Gasteiger partial charge on any atom is -0.377 e. The predicted octanol–water partition coefficient (Wildman–Crippen LogP) is 4.66. The summed E-state index contributed by atoms with van der Waals surface area (Å²) >= 11 is 0. The number of hydrogen-bond acceptors (Lipinski definition) is 3. The van der Waals surface area contributed by atoms with Gasteiger partial charge in [0.25, 0.3) is 0 Å². The number of nitrogens with one attached hydrogen (secondary N) is 1. The summed E-state index contributed by atoms with van der Waals surface area (Å²) in [5, 5.41) is 3.12. The minimum absolute atomic E-state index is 0.132. The van der Waals surface area contributed by atoms with Crippen LogP contribution in [-0.2, 0) is 16.1 Å². The van der Waals surface area contributed by atoms with Crippen molar-refractivity contribution in [1.29, 1.82) is 0 Å². The van der Waals surface area contributed by atoms with Crippen LogP contribution in [-0.4, -0.2) is 36.9 Å². The molecule has 0 heterocycles. The lowest BCUT2D eigenvalue weighted by Crippen LogP contribution is -2.42. The number of carbonyl (C=O) groups excluding carboxylic acids is 2. The smallest absolute Gasteiger partial charge is 0.227 e. The van der Waals surface area contributed by atoms with E-state index in [4.69, 9.17) is 0 Å². The van der Waals surface area contributed by atoms with Crippen molar-refractivity contribution in [2.75, 3.05) is 24.3 Å². The van der Waals surface area contributed by atoms with Crippen LogP contribution in [0.1, 0.15) is 64.9 Å². The second kappa shape index (κ2) is 9.19. The SMILES string of the molecule is CC(C)C(C)N(Cc1cc(NC(=O)C2CCCC2)ccc1N(C)C)C(=O)C1CC1. The second-order valence-corrected chi connectivity index (χ2v) is 9.43. The molecule has 1 aromatic rings. The predicted molar refractivity (Wildman–Crippen MR) is 119 cm³/mol. The lowest BCUT2D eigenvalue weighted by atomic mass is 10.0. The summed E-state index contributed by atoms with van der Waals surface area (Å²) in [5.41, 5.74) is 3.01. The van der Waals surface area contributed by atoms with E-state index >= 15 is 0 Å². The van der Waals surface area contributed by atoms with E-state index in [1.165, 1.54) is 0 Å². The molecule has 2 saturated carbocycles. The van der Waals surface area contributed by atoms with E-state index in [1.807, 2.05) is 25.1 Å². The molecule has 160 valence electrons. The Morgan fingerprint density at radius 3 is 2.24 bits per heavy atom. The van der Waals surface area contributed by atoms with Crippen molar-refractivity contribution in [2.45, 2.75) is 71.9 Å². The highest BCUT2D eigenvalue weighted by Gasteiger charge is 2.36. The van der Waals surface area contributed by atoms with E-state index in [0.717, 1.165) is 55.5 Å². The Kier molecular flexibility index (Phi) is 6.86. The van der Waals surface area contributed by atoms with Gasteiger partial charge in [-0.2, -0.15) is 0 Å². The molecule has 1 aromatic carbocycles. The largest absolute Gasteiger partial charge is 0.377 e. The molecule has 1 N–H and O–H groups in total. The molecular weight excluding hydrogens is 362 g/mol. The standard InChI is InChI=1S/C24H37N3O2/c1-16(2)17(3)27(24(29)19-10-11-19)15-20-14-21(12-13-22(20)26(4)5)25-23(28)18-8-6-7-9-18/h12-14,16-19H,6-11,15H2,1-5H3,(H,25,28). The highest BCUT2D eigenvalue weighted by molar-refractivity contribution is 5.93. The quantitative estimate of drug-likeness (QED) is 0.691. The number of rotatable bonds is 8. The van der Waals surface area contributed by atoms with Gasteiger partial charge in [-0.15, -0.1) is 0 Å². The van der Waals surface area contributed by atoms with E-state index in [-0.39, 0.29) is 29.7 Å². The van der Waals surface area contributed by atoms with Crippen LogP contribution in [0.15, 0.2) is 18.2 Å². The summed E-state index contributed by atoms with van der Waals surface area (Å²) in [7, 11) is 4.04. The van der Waals surface area contributed by atoms with Gasteiger partial charge in [-0.3, -0.25) is 9.59 Å². The number of anilines is 2. The molecule has 2 aliphatic carbocycles. The summed E-state index contributed by atoms with van der Waals surface area (Å²) in [6.45, 7) is 7.06. The van der Waals surface area contributed by atoms with Crippen molar-refractivity contribution in [3.05, 3.63) is 23.8 Å². The Morgan fingerprint density at radius 2 is 1.69 bits per heavy atom. The molecule has 5 heteroatoms. The van der Waals surface area contributed by atoms with Gasteiger partial charge < -0.3 is 15.1 Å². The van der Waals surface area contributed by atoms with Crippen molar-refractivity contribution in [3.8, 4) is 0 Å². The van der Waals surface area contributed by atoms with Gasteiger partial charge in [0.1, 0.15) is 0 Å². The van der Waals surface area contributed by atoms with Gasteiger partial charge in [-0.25, -0.2) is 0 Å². The molecule has 1 atom stereocenters. The summed E-state index contributed by atoms with van der Waals surface area (Å²) < 4.78 is 0. The molecule has 2 fully saturated rings. The molecule has 1 unspecified atom stereocenters. The average Bonchev–Trinajstić information content (AvgIpc) is 3.38. The zero-order valence-corrected chi connectivity index (χ0v) is 18.7. The molecule has 5 nitrogen and oxygen atoms in total. The zero-order valence-electron chi connectivity index (χ0n) is 18.7. The molecule has 3 rings (SSSR count). The topological polar surface area (TPSA) is 52.7 Å². The van der Waals surface area contributed by atoms with Gasteiger partial charge in [0, 0.05) is 49.9 Å². The van der Waals surface area contributed by atoms with Crippen LogP contribution in [0.2, 0.25) is 0 Å². The van der Waals surface area contributed by atoms with Crippen molar-refractivity contribution >= 4 is 23.2 Å². The van der Waals surface area contributed by atoms with Crippen LogP contribution < -0.4 is 10.2 Å². The van der Waals surface area contributed by atoms with Crippen LogP contribution in [0.4, 0.5) is 11.4 Å². The lowest BCUT2D eigenvalue weighted by molar-refractivity contribution is -0.136. The highest BCUT2D eigenvalue weighted by Crippen LogP contribution is 2.34. The maximum atomic E-state index is 13.0. The Morgan fingerprint density at radius 1 is 1.03 bits per heavy atom. The van der Waals surface area contributed by atoms with Crippen molar-refractivity contribution in [1.82, 2.24) is 4.90 Å². The van der Waals surface area contributed by atoms with E-state index in [1.54, 1.807) is 0 Å². The fourth-order valence-electron chi connectivity index (χ4n) is 4.19. The Labute approximate surface area is 175 Å². The van der Waals surface area contributed by atoms with Gasteiger partial charge in [-0.05, 0) is 62.3 Å². The second-order valence-electron chi connectivity index (χ2n) is 9.43. The van der Waals surface area contributed by atoms with Gasteiger partial charge >= 0.3 is 0 Å². The Hall–Kier alpha value is -2.04. The maximum absolute atomic E-state index is 13.0. The number of amides is 2. The summed E-state index contributed by atoms with van der Waals surface area (Å²) in [5.74, 6) is 1.14. The molecule has 0 aliphatic heterocycles. The molecule has 2 amide bonds. The molecule has 0 aromatic heterocycles. The van der Waals surface area contributed by atoms with Crippen LogP contribution in [0.3, 0.4) is 0 Å². The third-order valence-electron chi connectivity index (χ3n) is 6.56. The van der Waals surface area contributed by atoms with Crippen LogP contribution in [0, 0.1) is 17.8 Å². The first kappa shape index (κ1) is 21.7. The van der Waals surface area contributed by atoms with Gasteiger partial charge in [-0.1, -0.05) is 26.7 Å². The van der Waals surface area contributed by atoms with E-state index in [9.17, 15) is 9.59 Å². The summed E-state index contributed by atoms with van der Waals surface area (Å²) in [6, 6.07) is 6.27. The summed E-state index contributed by atoms with van der Waals surface area (Å²) in [6.07, 6.45) is 6.30. The minimum atomic E-state index is 0.132. The van der Waals surface area contributed by atoms with Crippen LogP contribution >= 0.6 is 0 Å². The molecule has 2 aliphatic rings. The van der Waals surface area contributed by atoms with Crippen LogP contribution in [0.5, 0.6) is 0 Å². The van der Waals surface area contributed by atoms with Crippen molar-refractivity contribution < 1.29 is 9.59 Å². The number of carbonyl (C=O) groups is 2. The first-order chi connectivity index (χ1) is 13.8. The average molecular weight is 400 g/mol. The molecule has 0 spiro atoms. The van der Waals surface area contributed by atoms with E-state index in [2.05, 4.69) is 43.1 Å². The number of nitrogens with zero attached hydrogens (tertiary/aromatic N) is 2. The first-order valence-electron chi connectivity index (χ1n) is 11.2. The third-order valence-corrected chi connectivity index (χ3v) is 6.56. The molecule has 0 radical (unpaired) electrons. The van der Waals surface area contributed by atoms with E-state index in [0.29, 0.717) is 12.5 Å². The Bertz CT molecular complexity index is 734. The highest BCUT2D eigenvalue weighted by atomic mass is 16.2. The lowest BCUT2D eigenvalue weighted by Gasteiger charge is -2.33. The monoisotopic (exact) mass is 399 g/mol. The fourth-order valence-corrected chi connectivity index (χ4v) is 4.19. The molecular formula is C24H37N3O2. The van der Waals surface area contributed by atoms with Gasteiger partial charge in [0.2, 0.25) is 11.8 Å². The first-order valence-corrected chi connectivity index (χ1v) is 11.2. The van der Waals surface area contributed by atoms with Crippen molar-refractivity contribution in [2.24, 2.45) is 17.8 Å². The fraction of sp³-hybridized carbons (Fsp3) is 0.667. The molecule has 0 saturated heterocycles. The summed E-state index contributed by atoms with van der Waals surface area (Å²) in [4.78, 5) is 29.7. The zero-order chi connectivity index (χ0) is 21.1. The van der Waals surface area contributed by atoms with E-state index < -0.39 is 0 Å². The third kappa shape index (κ3) is 5.31. The maximum Gasteiger partial charge on any atom is 0.227 e. The van der Waals surface area contributed by atoms with Crippen LogP contribution in [0.25, 0.3) is 0 Å². The molecule has 0 bridgehead atoms.